The number of fused-ring (bicyclic) bond motifs is 1. The number of nitrogens with zero attached hydrogens (tertiary/aromatic N) is 3. The Hall–Kier alpha value is -2.26. The lowest BCUT2D eigenvalue weighted by atomic mass is 10.1. The molecule has 15 heavy (non-hydrogen) atoms. The van der Waals surface area contributed by atoms with Crippen LogP contribution in [0.3, 0.4) is 0 Å². The fraction of sp³-hybridized carbons (Fsp3) is 0.100. The van der Waals surface area contributed by atoms with Gasteiger partial charge in [-0.1, -0.05) is 17.3 Å². The van der Waals surface area contributed by atoms with Gasteiger partial charge in [0.2, 0.25) is 5.78 Å². The van der Waals surface area contributed by atoms with Crippen molar-refractivity contribution in [1.82, 2.24) is 5.16 Å². The number of rotatable bonds is 3. The molecule has 1 aromatic carbocycles. The van der Waals surface area contributed by atoms with Crippen LogP contribution < -0.4 is 0 Å². The van der Waals surface area contributed by atoms with Gasteiger partial charge in [0.25, 0.3) is 0 Å². The normalized spacial score (nSPS) is 9.87. The van der Waals surface area contributed by atoms with Crippen molar-refractivity contribution in [3.8, 4) is 0 Å². The fourth-order valence-electron chi connectivity index (χ4n) is 1.34. The Balaban J connectivity index is 2.36. The predicted molar refractivity (Wildman–Crippen MR) is 52.4 cm³/mol. The van der Waals surface area contributed by atoms with E-state index in [2.05, 4.69) is 9.95 Å². The smallest absolute Gasteiger partial charge is 0.323 e. The van der Waals surface area contributed by atoms with Gasteiger partial charge in [-0.05, 0) is 12.1 Å². The van der Waals surface area contributed by atoms with E-state index in [0.717, 1.165) is 11.6 Å². The van der Waals surface area contributed by atoms with Gasteiger partial charge in [0, 0.05) is 5.39 Å². The molecule has 0 N–H and O–H groups in total. The number of carbonyl (C=O) groups is 1. The van der Waals surface area contributed by atoms with E-state index in [1.807, 2.05) is 18.2 Å². The Morgan fingerprint density at radius 2 is 2.33 bits per heavy atom. The highest BCUT2D eigenvalue weighted by molar-refractivity contribution is 6.26. The number of carbonyl (C=O) groups excluding carboxylic acids is 1. The van der Waals surface area contributed by atoms with E-state index in [9.17, 15) is 4.79 Å². The molecule has 0 atom stereocenters. The fourth-order valence-corrected chi connectivity index (χ4v) is 1.34. The number of para-hydroxylation sites is 1. The van der Waals surface area contributed by atoms with Gasteiger partial charge in [-0.15, -0.1) is 0 Å². The molecule has 5 nitrogen and oxygen atoms in total. The maximum Gasteiger partial charge on any atom is 0.323 e. The minimum Gasteiger partial charge on any atom is -0.361 e. The largest absolute Gasteiger partial charge is 0.361 e. The van der Waals surface area contributed by atoms with Gasteiger partial charge in [0.1, 0.15) is 0 Å². The molecule has 0 spiro atoms. The molecular weight excluding hydrogens is 194 g/mol. The van der Waals surface area contributed by atoms with E-state index in [4.69, 9.17) is 10.1 Å². The van der Waals surface area contributed by atoms with Crippen LogP contribution in [0.2, 0.25) is 0 Å². The molecule has 1 aromatic heterocycles. The third-order valence-electron chi connectivity index (χ3n) is 2.00. The van der Waals surface area contributed by atoms with Crippen molar-refractivity contribution in [1.29, 1.82) is 0 Å². The maximum absolute atomic E-state index is 11.2. The zero-order valence-corrected chi connectivity index (χ0v) is 7.75. The summed E-state index contributed by atoms with van der Waals surface area (Å²) in [5.74, 6) is -0.323. The molecule has 2 rings (SSSR count). The average Bonchev–Trinajstić information content (AvgIpc) is 2.62. The van der Waals surface area contributed by atoms with Crippen LogP contribution in [0.15, 0.2) is 28.8 Å². The van der Waals surface area contributed by atoms with E-state index in [1.54, 1.807) is 6.07 Å². The molecule has 0 aliphatic rings. The second-order valence-corrected chi connectivity index (χ2v) is 3.01. The summed E-state index contributed by atoms with van der Waals surface area (Å²) in [6.45, 7) is 0. The van der Waals surface area contributed by atoms with Crippen molar-refractivity contribution >= 4 is 23.0 Å². The molecule has 0 saturated heterocycles. The lowest BCUT2D eigenvalue weighted by Gasteiger charge is -1.88. The topological polar surface area (TPSA) is 79.5 Å². The summed E-state index contributed by atoms with van der Waals surface area (Å²) in [4.78, 5) is 13.8. The standard InChI is InChI=1S/C10H7N3O2/c11-12-6-7(14)5-9-8-3-1-2-4-10(8)15-13-9/h1-4,6H,5H2. The Morgan fingerprint density at radius 3 is 3.13 bits per heavy atom. The number of hydrogen-bond acceptors (Lipinski definition) is 3. The SMILES string of the molecule is [N-]=[N+]=CC(=O)Cc1noc2ccccc12. The Labute approximate surface area is 84.9 Å². The van der Waals surface area contributed by atoms with Crippen LogP contribution in [0.4, 0.5) is 0 Å². The van der Waals surface area contributed by atoms with Crippen molar-refractivity contribution in [3.05, 3.63) is 35.5 Å². The van der Waals surface area contributed by atoms with E-state index < -0.39 is 0 Å². The number of benzene rings is 1. The van der Waals surface area contributed by atoms with Crippen LogP contribution in [0, 0.1) is 0 Å². The summed E-state index contributed by atoms with van der Waals surface area (Å²) in [7, 11) is 0. The molecule has 2 aromatic rings. The van der Waals surface area contributed by atoms with Gasteiger partial charge in [0.05, 0.1) is 12.1 Å². The Kier molecular flexibility index (Phi) is 2.39. The summed E-state index contributed by atoms with van der Waals surface area (Å²) in [6.07, 6.45) is 0.921. The first-order chi connectivity index (χ1) is 7.31. The van der Waals surface area contributed by atoms with Gasteiger partial charge in [-0.2, -0.15) is 4.79 Å². The predicted octanol–water partition coefficient (Wildman–Crippen LogP) is 1.24. The van der Waals surface area contributed by atoms with E-state index >= 15 is 0 Å². The van der Waals surface area contributed by atoms with Gasteiger partial charge in [-0.25, -0.2) is 0 Å². The molecule has 0 saturated carbocycles. The minimum atomic E-state index is -0.323. The van der Waals surface area contributed by atoms with E-state index in [0.29, 0.717) is 11.3 Å². The average molecular weight is 201 g/mol. The quantitative estimate of drug-likeness (QED) is 0.425. The van der Waals surface area contributed by atoms with Crippen molar-refractivity contribution in [3.63, 3.8) is 0 Å². The van der Waals surface area contributed by atoms with Crippen LogP contribution in [0.1, 0.15) is 5.69 Å². The lowest BCUT2D eigenvalue weighted by molar-refractivity contribution is -0.115. The van der Waals surface area contributed by atoms with Gasteiger partial charge in [-0.3, -0.25) is 4.79 Å². The molecule has 74 valence electrons. The zero-order valence-electron chi connectivity index (χ0n) is 7.75. The van der Waals surface area contributed by atoms with Crippen LogP contribution in [0.5, 0.6) is 0 Å². The third kappa shape index (κ3) is 1.82. The highest BCUT2D eigenvalue weighted by atomic mass is 16.5. The van der Waals surface area contributed by atoms with Gasteiger partial charge >= 0.3 is 6.21 Å². The van der Waals surface area contributed by atoms with Crippen LogP contribution in [-0.2, 0) is 11.2 Å². The van der Waals surface area contributed by atoms with Gasteiger partial charge < -0.3 is 10.1 Å². The lowest BCUT2D eigenvalue weighted by Crippen LogP contribution is -2.04. The number of aromatic nitrogens is 1. The molecule has 0 bridgehead atoms. The second kappa shape index (κ2) is 3.86. The molecule has 5 heteroatoms. The molecule has 0 unspecified atom stereocenters. The molecule has 1 heterocycles. The third-order valence-corrected chi connectivity index (χ3v) is 2.00. The molecule has 0 amide bonds. The van der Waals surface area contributed by atoms with Crippen LogP contribution in [-0.4, -0.2) is 21.9 Å². The highest BCUT2D eigenvalue weighted by Crippen LogP contribution is 2.17. The molecule has 0 fully saturated rings. The second-order valence-electron chi connectivity index (χ2n) is 3.01. The first-order valence-electron chi connectivity index (χ1n) is 4.35. The maximum atomic E-state index is 11.2. The summed E-state index contributed by atoms with van der Waals surface area (Å²) in [5, 5.41) is 4.58. The number of hydrogen-bond donors (Lipinski definition) is 0. The zero-order chi connectivity index (χ0) is 10.7. The van der Waals surface area contributed by atoms with Crippen molar-refractivity contribution in [2.45, 2.75) is 6.42 Å². The first kappa shape index (κ1) is 9.30. The summed E-state index contributed by atoms with van der Waals surface area (Å²) in [5.41, 5.74) is 9.37. The number of ketones is 1. The molecule has 0 radical (unpaired) electrons. The summed E-state index contributed by atoms with van der Waals surface area (Å²) in [6, 6.07) is 7.27. The van der Waals surface area contributed by atoms with Crippen molar-refractivity contribution in [2.24, 2.45) is 0 Å². The summed E-state index contributed by atoms with van der Waals surface area (Å²) < 4.78 is 5.02. The van der Waals surface area contributed by atoms with E-state index in [1.165, 1.54) is 0 Å². The Bertz CT molecular complexity index is 553. The minimum absolute atomic E-state index is 0.0705. The molecule has 0 aliphatic heterocycles. The molecule has 0 aliphatic carbocycles. The van der Waals surface area contributed by atoms with Gasteiger partial charge in [0.15, 0.2) is 5.58 Å². The Morgan fingerprint density at radius 1 is 1.53 bits per heavy atom. The van der Waals surface area contributed by atoms with Crippen molar-refractivity contribution in [2.75, 3.05) is 0 Å². The monoisotopic (exact) mass is 201 g/mol. The van der Waals surface area contributed by atoms with Crippen LogP contribution in [0.25, 0.3) is 16.5 Å². The van der Waals surface area contributed by atoms with Crippen LogP contribution >= 0.6 is 0 Å². The van der Waals surface area contributed by atoms with E-state index in [-0.39, 0.29) is 12.2 Å². The molecular formula is C10H7N3O2. The number of Topliss-reactive ketones (excluding diaryl/α,β-unsaturated/α-hetero) is 1. The summed E-state index contributed by atoms with van der Waals surface area (Å²) >= 11 is 0. The van der Waals surface area contributed by atoms with Crippen molar-refractivity contribution < 1.29 is 14.1 Å². The highest BCUT2D eigenvalue weighted by Gasteiger charge is 2.12. The first-order valence-corrected chi connectivity index (χ1v) is 4.35.